The zero-order chi connectivity index (χ0) is 10.2. The first-order valence-electron chi connectivity index (χ1n) is 4.54. The highest BCUT2D eigenvalue weighted by Crippen LogP contribution is 2.21. The number of halogens is 3. The van der Waals surface area contributed by atoms with Crippen LogP contribution in [0.4, 0.5) is 13.2 Å². The number of nitrogens with zero attached hydrogens (tertiary/aromatic N) is 3. The standard InChI is InChI=1S/C8H10F3N3/c9-8(10,11)4-3-6-12-7-2-1-5-14(7)13-6/h1-5H2. The third-order valence-corrected chi connectivity index (χ3v) is 2.19. The predicted molar refractivity (Wildman–Crippen MR) is 42.7 cm³/mol. The van der Waals surface area contributed by atoms with E-state index < -0.39 is 12.6 Å². The molecule has 1 aromatic rings. The van der Waals surface area contributed by atoms with Gasteiger partial charge in [-0.05, 0) is 6.42 Å². The molecule has 1 aliphatic heterocycles. The number of fused-ring (bicyclic) bond motifs is 1. The minimum atomic E-state index is -4.12. The van der Waals surface area contributed by atoms with Gasteiger partial charge in [0.05, 0.1) is 6.42 Å². The number of rotatable bonds is 2. The molecule has 0 amide bonds. The molecule has 2 heterocycles. The lowest BCUT2D eigenvalue weighted by Gasteiger charge is -2.02. The van der Waals surface area contributed by atoms with E-state index in [9.17, 15) is 13.2 Å². The molecule has 0 unspecified atom stereocenters. The first-order chi connectivity index (χ1) is 6.54. The van der Waals surface area contributed by atoms with Crippen LogP contribution in [-0.2, 0) is 19.4 Å². The second-order valence-corrected chi connectivity index (χ2v) is 3.39. The van der Waals surface area contributed by atoms with Crippen molar-refractivity contribution in [1.29, 1.82) is 0 Å². The van der Waals surface area contributed by atoms with Crippen LogP contribution in [-0.4, -0.2) is 20.9 Å². The Labute approximate surface area is 78.9 Å². The van der Waals surface area contributed by atoms with Crippen LogP contribution >= 0.6 is 0 Å². The summed E-state index contributed by atoms with van der Waals surface area (Å²) in [5.74, 6) is 1.14. The highest BCUT2D eigenvalue weighted by molar-refractivity contribution is 4.97. The van der Waals surface area contributed by atoms with E-state index >= 15 is 0 Å². The van der Waals surface area contributed by atoms with Gasteiger partial charge in [0.1, 0.15) is 5.82 Å². The van der Waals surface area contributed by atoms with E-state index in [-0.39, 0.29) is 6.42 Å². The summed E-state index contributed by atoms with van der Waals surface area (Å²) in [5.41, 5.74) is 0. The Morgan fingerprint density at radius 1 is 1.36 bits per heavy atom. The van der Waals surface area contributed by atoms with E-state index in [0.717, 1.165) is 25.2 Å². The first kappa shape index (κ1) is 9.48. The third kappa shape index (κ3) is 2.05. The first-order valence-corrected chi connectivity index (χ1v) is 4.54. The van der Waals surface area contributed by atoms with Gasteiger partial charge in [-0.25, -0.2) is 9.67 Å². The van der Waals surface area contributed by atoms with Crippen LogP contribution in [0, 0.1) is 0 Å². The van der Waals surface area contributed by atoms with Crippen molar-refractivity contribution in [3.63, 3.8) is 0 Å². The van der Waals surface area contributed by atoms with Crippen LogP contribution in [0.5, 0.6) is 0 Å². The molecule has 3 nitrogen and oxygen atoms in total. The molecule has 2 rings (SSSR count). The van der Waals surface area contributed by atoms with Crippen molar-refractivity contribution in [1.82, 2.24) is 14.8 Å². The normalized spacial score (nSPS) is 15.9. The number of aromatic nitrogens is 3. The van der Waals surface area contributed by atoms with Crippen molar-refractivity contribution in [2.45, 2.75) is 38.4 Å². The maximum absolute atomic E-state index is 11.9. The second-order valence-electron chi connectivity index (χ2n) is 3.39. The van der Waals surface area contributed by atoms with Crippen molar-refractivity contribution in [3.05, 3.63) is 11.6 Å². The molecular formula is C8H10F3N3. The SMILES string of the molecule is FC(F)(F)CCc1nc2n(n1)CCC2. The summed E-state index contributed by atoms with van der Waals surface area (Å²) in [5, 5.41) is 4.00. The molecule has 0 saturated heterocycles. The van der Waals surface area contributed by atoms with Crippen LogP contribution in [0.15, 0.2) is 0 Å². The monoisotopic (exact) mass is 205 g/mol. The molecule has 0 aliphatic carbocycles. The van der Waals surface area contributed by atoms with Crippen LogP contribution in [0.1, 0.15) is 24.5 Å². The second kappa shape index (κ2) is 3.25. The molecule has 0 saturated carbocycles. The lowest BCUT2D eigenvalue weighted by Crippen LogP contribution is -2.09. The molecule has 0 N–H and O–H groups in total. The number of hydrogen-bond donors (Lipinski definition) is 0. The molecule has 0 bridgehead atoms. The highest BCUT2D eigenvalue weighted by Gasteiger charge is 2.28. The smallest absolute Gasteiger partial charge is 0.250 e. The quantitative estimate of drug-likeness (QED) is 0.736. The number of hydrogen-bond acceptors (Lipinski definition) is 2. The van der Waals surface area contributed by atoms with Gasteiger partial charge in [0.25, 0.3) is 0 Å². The lowest BCUT2D eigenvalue weighted by molar-refractivity contribution is -0.134. The summed E-state index contributed by atoms with van der Waals surface area (Å²) in [6.07, 6.45) is -3.23. The van der Waals surface area contributed by atoms with Crippen LogP contribution in [0.2, 0.25) is 0 Å². The topological polar surface area (TPSA) is 30.7 Å². The maximum atomic E-state index is 11.9. The Hall–Kier alpha value is -1.07. The van der Waals surface area contributed by atoms with Gasteiger partial charge < -0.3 is 0 Å². The third-order valence-electron chi connectivity index (χ3n) is 2.19. The zero-order valence-electron chi connectivity index (χ0n) is 7.51. The van der Waals surface area contributed by atoms with E-state index in [1.807, 2.05) is 0 Å². The summed E-state index contributed by atoms with van der Waals surface area (Å²) in [4.78, 5) is 4.05. The van der Waals surface area contributed by atoms with Gasteiger partial charge in [-0.3, -0.25) is 0 Å². The molecule has 1 aliphatic rings. The summed E-state index contributed by atoms with van der Waals surface area (Å²) >= 11 is 0. The van der Waals surface area contributed by atoms with Gasteiger partial charge >= 0.3 is 6.18 Å². The van der Waals surface area contributed by atoms with Crippen molar-refractivity contribution >= 4 is 0 Å². The lowest BCUT2D eigenvalue weighted by atomic mass is 10.3. The molecule has 0 aromatic carbocycles. The average Bonchev–Trinajstić information content (AvgIpc) is 2.56. The fourth-order valence-electron chi connectivity index (χ4n) is 1.54. The number of aryl methyl sites for hydroxylation is 3. The van der Waals surface area contributed by atoms with Gasteiger partial charge in [-0.15, -0.1) is 0 Å². The molecule has 6 heteroatoms. The fraction of sp³-hybridized carbons (Fsp3) is 0.750. The molecule has 0 atom stereocenters. The summed E-state index contributed by atoms with van der Waals surface area (Å²) in [6.45, 7) is 0.786. The Morgan fingerprint density at radius 2 is 2.14 bits per heavy atom. The van der Waals surface area contributed by atoms with Gasteiger partial charge in [-0.2, -0.15) is 18.3 Å². The van der Waals surface area contributed by atoms with Crippen molar-refractivity contribution in [2.24, 2.45) is 0 Å². The van der Waals surface area contributed by atoms with Crippen molar-refractivity contribution < 1.29 is 13.2 Å². The molecule has 0 radical (unpaired) electrons. The summed E-state index contributed by atoms with van der Waals surface area (Å²) in [6, 6.07) is 0. The Morgan fingerprint density at radius 3 is 2.79 bits per heavy atom. The van der Waals surface area contributed by atoms with Crippen molar-refractivity contribution in [3.8, 4) is 0 Å². The van der Waals surface area contributed by atoms with E-state index in [4.69, 9.17) is 0 Å². The Kier molecular flexibility index (Phi) is 2.20. The van der Waals surface area contributed by atoms with E-state index in [0.29, 0.717) is 5.82 Å². The number of alkyl halides is 3. The fourth-order valence-corrected chi connectivity index (χ4v) is 1.54. The van der Waals surface area contributed by atoms with Crippen LogP contribution in [0.3, 0.4) is 0 Å². The molecule has 78 valence electrons. The van der Waals surface area contributed by atoms with Crippen LogP contribution < -0.4 is 0 Å². The predicted octanol–water partition coefficient (Wildman–Crippen LogP) is 1.72. The van der Waals surface area contributed by atoms with Crippen LogP contribution in [0.25, 0.3) is 0 Å². The molecule has 1 aromatic heterocycles. The Balaban J connectivity index is 1.98. The minimum absolute atomic E-state index is 0.108. The maximum Gasteiger partial charge on any atom is 0.389 e. The van der Waals surface area contributed by atoms with Gasteiger partial charge in [0.2, 0.25) is 0 Å². The van der Waals surface area contributed by atoms with Crippen molar-refractivity contribution in [2.75, 3.05) is 0 Å². The molecule has 0 spiro atoms. The van der Waals surface area contributed by atoms with Gasteiger partial charge in [0, 0.05) is 19.4 Å². The van der Waals surface area contributed by atoms with E-state index in [2.05, 4.69) is 10.1 Å². The molecule has 0 fully saturated rings. The zero-order valence-corrected chi connectivity index (χ0v) is 7.51. The van der Waals surface area contributed by atoms with Gasteiger partial charge in [-0.1, -0.05) is 0 Å². The largest absolute Gasteiger partial charge is 0.389 e. The minimum Gasteiger partial charge on any atom is -0.250 e. The molecule has 14 heavy (non-hydrogen) atoms. The average molecular weight is 205 g/mol. The summed E-state index contributed by atoms with van der Waals surface area (Å²) in [7, 11) is 0. The summed E-state index contributed by atoms with van der Waals surface area (Å²) < 4.78 is 37.3. The van der Waals surface area contributed by atoms with Gasteiger partial charge in [0.15, 0.2) is 5.82 Å². The van der Waals surface area contributed by atoms with E-state index in [1.165, 1.54) is 0 Å². The Bertz CT molecular complexity index is 308. The van der Waals surface area contributed by atoms with E-state index in [1.54, 1.807) is 4.68 Å². The molecular weight excluding hydrogens is 195 g/mol. The highest BCUT2D eigenvalue weighted by atomic mass is 19.4.